The summed E-state index contributed by atoms with van der Waals surface area (Å²) in [6, 6.07) is 6.83. The molecule has 0 radical (unpaired) electrons. The summed E-state index contributed by atoms with van der Waals surface area (Å²) in [5.74, 6) is 0.686. The maximum absolute atomic E-state index is 10.9. The first-order valence-electron chi connectivity index (χ1n) is 5.62. The van der Waals surface area contributed by atoms with Gasteiger partial charge in [-0.25, -0.2) is 9.97 Å². The van der Waals surface area contributed by atoms with Gasteiger partial charge in [0, 0.05) is 5.56 Å². The van der Waals surface area contributed by atoms with Crippen LogP contribution in [0.5, 0.6) is 5.75 Å². The highest BCUT2D eigenvalue weighted by atomic mass is 16.6. The first-order valence-corrected chi connectivity index (χ1v) is 5.62. The fraction of sp³-hybridized carbons (Fsp3) is 0.167. The van der Waals surface area contributed by atoms with Gasteiger partial charge >= 0.3 is 5.69 Å². The minimum Gasteiger partial charge on any atom is -0.494 e. The van der Waals surface area contributed by atoms with Gasteiger partial charge in [-0.3, -0.25) is 10.1 Å². The van der Waals surface area contributed by atoms with Crippen molar-refractivity contribution in [1.29, 1.82) is 0 Å². The summed E-state index contributed by atoms with van der Waals surface area (Å²) in [5.41, 5.74) is 6.07. The molecular formula is C12H12N4O3. The van der Waals surface area contributed by atoms with Crippen LogP contribution in [0, 0.1) is 10.1 Å². The van der Waals surface area contributed by atoms with E-state index in [-0.39, 0.29) is 17.3 Å². The molecule has 1 aromatic heterocycles. The van der Waals surface area contributed by atoms with Gasteiger partial charge in [0.15, 0.2) is 5.69 Å². The molecule has 0 spiro atoms. The van der Waals surface area contributed by atoms with Crippen LogP contribution in [0.25, 0.3) is 11.3 Å². The number of ether oxygens (including phenoxy) is 1. The molecule has 0 aliphatic rings. The van der Waals surface area contributed by atoms with E-state index in [4.69, 9.17) is 10.5 Å². The molecule has 0 bridgehead atoms. The Bertz CT molecular complexity index is 598. The van der Waals surface area contributed by atoms with Crippen molar-refractivity contribution < 1.29 is 9.66 Å². The fourth-order valence-corrected chi connectivity index (χ4v) is 1.61. The van der Waals surface area contributed by atoms with Crippen molar-refractivity contribution in [3.63, 3.8) is 0 Å². The average molecular weight is 260 g/mol. The van der Waals surface area contributed by atoms with Crippen molar-refractivity contribution in [3.05, 3.63) is 40.6 Å². The predicted molar refractivity (Wildman–Crippen MR) is 69.7 cm³/mol. The molecule has 7 nitrogen and oxygen atoms in total. The zero-order chi connectivity index (χ0) is 13.8. The molecule has 7 heteroatoms. The monoisotopic (exact) mass is 260 g/mol. The Kier molecular flexibility index (Phi) is 3.56. The molecule has 1 heterocycles. The molecule has 0 atom stereocenters. The Hall–Kier alpha value is -2.70. The second-order valence-electron chi connectivity index (χ2n) is 3.68. The highest BCUT2D eigenvalue weighted by molar-refractivity contribution is 5.70. The number of nitrogens with two attached hydrogens (primary N) is 1. The van der Waals surface area contributed by atoms with E-state index in [0.717, 1.165) is 6.20 Å². The van der Waals surface area contributed by atoms with E-state index in [9.17, 15) is 10.1 Å². The van der Waals surface area contributed by atoms with Crippen LogP contribution in [0.15, 0.2) is 30.5 Å². The molecule has 19 heavy (non-hydrogen) atoms. The molecule has 0 aliphatic heterocycles. The second kappa shape index (κ2) is 5.30. The number of nitro groups is 1. The highest BCUT2D eigenvalue weighted by Crippen LogP contribution is 2.28. The smallest absolute Gasteiger partial charge is 0.313 e. The van der Waals surface area contributed by atoms with Crippen molar-refractivity contribution in [3.8, 4) is 17.0 Å². The minimum absolute atomic E-state index is 0.00511. The normalized spacial score (nSPS) is 10.2. The number of nitrogens with zero attached hydrogens (tertiary/aromatic N) is 3. The van der Waals surface area contributed by atoms with Gasteiger partial charge in [-0.1, -0.05) is 0 Å². The number of anilines is 1. The fourth-order valence-electron chi connectivity index (χ4n) is 1.61. The third-order valence-corrected chi connectivity index (χ3v) is 2.42. The van der Waals surface area contributed by atoms with E-state index >= 15 is 0 Å². The standard InChI is InChI=1S/C12H12N4O3/c1-2-19-9-5-3-8(4-6-9)11-10(16(17)18)7-14-12(13)15-11/h3-7H,2H2,1H3,(H2,13,14,15). The molecular weight excluding hydrogens is 248 g/mol. The Labute approximate surface area is 109 Å². The number of rotatable bonds is 4. The Morgan fingerprint density at radius 2 is 2.05 bits per heavy atom. The quantitative estimate of drug-likeness (QED) is 0.666. The van der Waals surface area contributed by atoms with Gasteiger partial charge in [-0.15, -0.1) is 0 Å². The average Bonchev–Trinajstić information content (AvgIpc) is 2.39. The Morgan fingerprint density at radius 3 is 2.63 bits per heavy atom. The van der Waals surface area contributed by atoms with Gasteiger partial charge < -0.3 is 10.5 Å². The lowest BCUT2D eigenvalue weighted by Crippen LogP contribution is -2.01. The van der Waals surface area contributed by atoms with Crippen LogP contribution < -0.4 is 10.5 Å². The topological polar surface area (TPSA) is 104 Å². The van der Waals surface area contributed by atoms with Crippen LogP contribution in [-0.2, 0) is 0 Å². The molecule has 0 saturated carbocycles. The van der Waals surface area contributed by atoms with E-state index in [1.165, 1.54) is 0 Å². The summed E-state index contributed by atoms with van der Waals surface area (Å²) in [7, 11) is 0. The van der Waals surface area contributed by atoms with Gasteiger partial charge in [0.05, 0.1) is 11.5 Å². The first kappa shape index (κ1) is 12.7. The van der Waals surface area contributed by atoms with Gasteiger partial charge in [0.1, 0.15) is 11.9 Å². The molecule has 0 saturated heterocycles. The summed E-state index contributed by atoms with van der Waals surface area (Å²) in [6.45, 7) is 2.43. The highest BCUT2D eigenvalue weighted by Gasteiger charge is 2.18. The van der Waals surface area contributed by atoms with E-state index in [1.54, 1.807) is 24.3 Å². The number of benzene rings is 1. The maximum Gasteiger partial charge on any atom is 0.313 e. The summed E-state index contributed by atoms with van der Waals surface area (Å²) in [4.78, 5) is 18.0. The number of nitrogen functional groups attached to an aromatic ring is 1. The van der Waals surface area contributed by atoms with Crippen LogP contribution in [0.4, 0.5) is 11.6 Å². The van der Waals surface area contributed by atoms with E-state index < -0.39 is 4.92 Å². The van der Waals surface area contributed by atoms with Crippen molar-refractivity contribution in [2.45, 2.75) is 6.92 Å². The van der Waals surface area contributed by atoms with Crippen LogP contribution in [0.1, 0.15) is 6.92 Å². The lowest BCUT2D eigenvalue weighted by Gasteiger charge is -2.05. The third kappa shape index (κ3) is 2.76. The van der Waals surface area contributed by atoms with Crippen LogP contribution in [0.2, 0.25) is 0 Å². The molecule has 2 N–H and O–H groups in total. The molecule has 98 valence electrons. The summed E-state index contributed by atoms with van der Waals surface area (Å²) in [5, 5.41) is 10.9. The van der Waals surface area contributed by atoms with Crippen molar-refractivity contribution in [2.75, 3.05) is 12.3 Å². The van der Waals surface area contributed by atoms with E-state index in [2.05, 4.69) is 9.97 Å². The summed E-state index contributed by atoms with van der Waals surface area (Å²) >= 11 is 0. The zero-order valence-electron chi connectivity index (χ0n) is 10.2. The van der Waals surface area contributed by atoms with Crippen LogP contribution in [0.3, 0.4) is 0 Å². The maximum atomic E-state index is 10.9. The molecule has 2 aromatic rings. The molecule has 1 aromatic carbocycles. The number of hydrogen-bond donors (Lipinski definition) is 1. The lowest BCUT2D eigenvalue weighted by atomic mass is 10.1. The minimum atomic E-state index is -0.536. The van der Waals surface area contributed by atoms with Crippen molar-refractivity contribution in [2.24, 2.45) is 0 Å². The third-order valence-electron chi connectivity index (χ3n) is 2.42. The Morgan fingerprint density at radius 1 is 1.37 bits per heavy atom. The van der Waals surface area contributed by atoms with E-state index in [0.29, 0.717) is 17.9 Å². The van der Waals surface area contributed by atoms with Gasteiger partial charge in [0.25, 0.3) is 0 Å². The van der Waals surface area contributed by atoms with Crippen molar-refractivity contribution in [1.82, 2.24) is 9.97 Å². The van der Waals surface area contributed by atoms with E-state index in [1.807, 2.05) is 6.92 Å². The molecule has 2 rings (SSSR count). The lowest BCUT2D eigenvalue weighted by molar-refractivity contribution is -0.384. The summed E-state index contributed by atoms with van der Waals surface area (Å²) < 4.78 is 5.31. The van der Waals surface area contributed by atoms with Gasteiger partial charge in [-0.2, -0.15) is 0 Å². The first-order chi connectivity index (χ1) is 9.11. The Balaban J connectivity index is 2.45. The number of hydrogen-bond acceptors (Lipinski definition) is 6. The molecule has 0 aliphatic carbocycles. The molecule has 0 amide bonds. The van der Waals surface area contributed by atoms with Crippen LogP contribution in [-0.4, -0.2) is 21.5 Å². The predicted octanol–water partition coefficient (Wildman–Crippen LogP) is 2.03. The summed E-state index contributed by atoms with van der Waals surface area (Å²) in [6.07, 6.45) is 1.11. The molecule has 0 fully saturated rings. The largest absolute Gasteiger partial charge is 0.494 e. The van der Waals surface area contributed by atoms with Crippen LogP contribution >= 0.6 is 0 Å². The van der Waals surface area contributed by atoms with Crippen molar-refractivity contribution >= 4 is 11.6 Å². The SMILES string of the molecule is CCOc1ccc(-c2nc(N)ncc2[N+](=O)[O-])cc1. The zero-order valence-corrected chi connectivity index (χ0v) is 10.2. The number of aromatic nitrogens is 2. The second-order valence-corrected chi connectivity index (χ2v) is 3.68. The van der Waals surface area contributed by atoms with Gasteiger partial charge in [-0.05, 0) is 31.2 Å². The molecule has 0 unspecified atom stereocenters. The van der Waals surface area contributed by atoms with Gasteiger partial charge in [0.2, 0.25) is 5.95 Å².